The van der Waals surface area contributed by atoms with E-state index in [-0.39, 0.29) is 12.7 Å². The molecular formula is C9H16N2O2S. The van der Waals surface area contributed by atoms with Crippen molar-refractivity contribution >= 4 is 12.2 Å². The number of nitrogens with one attached hydrogen (secondary N) is 1. The summed E-state index contributed by atoms with van der Waals surface area (Å²) in [5.74, 6) is 0. The molecule has 14 heavy (non-hydrogen) atoms. The van der Waals surface area contributed by atoms with E-state index >= 15 is 0 Å². The van der Waals surface area contributed by atoms with Crippen LogP contribution < -0.4 is 0 Å². The summed E-state index contributed by atoms with van der Waals surface area (Å²) in [6, 6.07) is 0. The summed E-state index contributed by atoms with van der Waals surface area (Å²) >= 11 is 5.06. The van der Waals surface area contributed by atoms with Gasteiger partial charge in [0.1, 0.15) is 0 Å². The van der Waals surface area contributed by atoms with E-state index in [1.807, 2.05) is 18.4 Å². The van der Waals surface area contributed by atoms with Crippen molar-refractivity contribution in [1.29, 1.82) is 0 Å². The Labute approximate surface area is 88.5 Å². The van der Waals surface area contributed by atoms with Gasteiger partial charge in [0, 0.05) is 12.7 Å². The Kier molecular flexibility index (Phi) is 4.31. The zero-order valence-electron chi connectivity index (χ0n) is 8.49. The van der Waals surface area contributed by atoms with E-state index in [4.69, 9.17) is 22.1 Å². The first-order valence-corrected chi connectivity index (χ1v) is 5.05. The molecule has 0 aromatic carbocycles. The first-order valence-electron chi connectivity index (χ1n) is 4.64. The maximum atomic E-state index is 9.01. The highest BCUT2D eigenvalue weighted by atomic mass is 32.1. The van der Waals surface area contributed by atoms with Crippen molar-refractivity contribution < 1.29 is 9.84 Å². The molecule has 0 saturated carbocycles. The van der Waals surface area contributed by atoms with Gasteiger partial charge < -0.3 is 19.4 Å². The molecule has 0 atom stereocenters. The van der Waals surface area contributed by atoms with E-state index in [0.29, 0.717) is 17.9 Å². The Morgan fingerprint density at radius 2 is 2.36 bits per heavy atom. The second kappa shape index (κ2) is 5.29. The van der Waals surface area contributed by atoms with Crippen molar-refractivity contribution in [3.8, 4) is 0 Å². The predicted octanol–water partition coefficient (Wildman–Crippen LogP) is 1.46. The van der Waals surface area contributed by atoms with Crippen LogP contribution in [0.5, 0.6) is 0 Å². The molecule has 0 aliphatic rings. The summed E-state index contributed by atoms with van der Waals surface area (Å²) in [4.78, 5) is 2.89. The first-order chi connectivity index (χ1) is 6.65. The van der Waals surface area contributed by atoms with Crippen LogP contribution in [0.1, 0.15) is 19.5 Å². The maximum Gasteiger partial charge on any atom is 0.177 e. The second-order valence-electron chi connectivity index (χ2n) is 3.31. The molecule has 1 aromatic heterocycles. The quantitative estimate of drug-likeness (QED) is 0.733. The summed E-state index contributed by atoms with van der Waals surface area (Å²) in [5, 5.41) is 9.01. The lowest BCUT2D eigenvalue weighted by atomic mass is 10.4. The van der Waals surface area contributed by atoms with Gasteiger partial charge in [-0.2, -0.15) is 0 Å². The average Bonchev–Trinajstić information content (AvgIpc) is 2.47. The van der Waals surface area contributed by atoms with Crippen molar-refractivity contribution in [3.63, 3.8) is 0 Å². The van der Waals surface area contributed by atoms with Crippen molar-refractivity contribution in [2.24, 2.45) is 0 Å². The van der Waals surface area contributed by atoms with Gasteiger partial charge in [-0.3, -0.25) is 0 Å². The van der Waals surface area contributed by atoms with E-state index in [1.165, 1.54) is 0 Å². The first kappa shape index (κ1) is 11.4. The van der Waals surface area contributed by atoms with Crippen molar-refractivity contribution in [2.75, 3.05) is 6.61 Å². The molecule has 0 amide bonds. The van der Waals surface area contributed by atoms with Crippen LogP contribution in [0.2, 0.25) is 0 Å². The minimum Gasteiger partial charge on any atom is -0.390 e. The van der Waals surface area contributed by atoms with Gasteiger partial charge in [-0.1, -0.05) is 0 Å². The summed E-state index contributed by atoms with van der Waals surface area (Å²) in [5.41, 5.74) is 0.794. The third-order valence-electron chi connectivity index (χ3n) is 1.88. The van der Waals surface area contributed by atoms with Gasteiger partial charge >= 0.3 is 0 Å². The number of rotatable bonds is 5. The molecular weight excluding hydrogens is 200 g/mol. The molecule has 0 unspecified atom stereocenters. The van der Waals surface area contributed by atoms with Crippen molar-refractivity contribution in [2.45, 2.75) is 33.1 Å². The topological polar surface area (TPSA) is 50.2 Å². The lowest BCUT2D eigenvalue weighted by Gasteiger charge is -2.09. The fourth-order valence-corrected chi connectivity index (χ4v) is 1.45. The zero-order valence-corrected chi connectivity index (χ0v) is 9.30. The largest absolute Gasteiger partial charge is 0.390 e. The molecule has 1 heterocycles. The fraction of sp³-hybridized carbons (Fsp3) is 0.667. The number of nitrogens with zero attached hydrogens (tertiary/aromatic N) is 1. The van der Waals surface area contributed by atoms with Gasteiger partial charge in [-0.25, -0.2) is 0 Å². The third-order valence-corrected chi connectivity index (χ3v) is 2.22. The monoisotopic (exact) mass is 216 g/mol. The highest BCUT2D eigenvalue weighted by Crippen LogP contribution is 2.02. The number of hydrogen-bond donors (Lipinski definition) is 2. The Balaban J connectivity index is 2.57. The summed E-state index contributed by atoms with van der Waals surface area (Å²) in [6.07, 6.45) is 1.94. The van der Waals surface area contributed by atoms with Crippen LogP contribution in [0, 0.1) is 4.77 Å². The van der Waals surface area contributed by atoms with Crippen LogP contribution in [0.15, 0.2) is 6.20 Å². The summed E-state index contributed by atoms with van der Waals surface area (Å²) < 4.78 is 7.88. The van der Waals surface area contributed by atoms with Crippen LogP contribution >= 0.6 is 12.2 Å². The molecule has 80 valence electrons. The molecule has 1 aromatic rings. The number of aliphatic hydroxyl groups excluding tert-OH is 1. The minimum absolute atomic E-state index is 0.00514. The second-order valence-corrected chi connectivity index (χ2v) is 3.70. The fourth-order valence-electron chi connectivity index (χ4n) is 1.19. The van der Waals surface area contributed by atoms with Gasteiger partial charge in [0.15, 0.2) is 4.77 Å². The predicted molar refractivity (Wildman–Crippen MR) is 56.6 cm³/mol. The van der Waals surface area contributed by atoms with Crippen LogP contribution in [0.25, 0.3) is 0 Å². The molecule has 0 saturated heterocycles. The third kappa shape index (κ3) is 2.94. The van der Waals surface area contributed by atoms with Gasteiger partial charge in [-0.05, 0) is 26.1 Å². The zero-order chi connectivity index (χ0) is 10.6. The molecule has 4 nitrogen and oxygen atoms in total. The van der Waals surface area contributed by atoms with Gasteiger partial charge in [0.25, 0.3) is 0 Å². The van der Waals surface area contributed by atoms with E-state index in [0.717, 1.165) is 5.69 Å². The molecule has 0 radical (unpaired) electrons. The standard InChI is InChI=1S/C9H16N2O2S/c1-7(2)13-4-3-11-8(6-12)5-10-9(11)14/h5,7,12H,3-4,6H2,1-2H3,(H,10,14). The molecule has 0 bridgehead atoms. The van der Waals surface area contributed by atoms with Crippen LogP contribution in [0.3, 0.4) is 0 Å². The van der Waals surface area contributed by atoms with Crippen molar-refractivity contribution in [1.82, 2.24) is 9.55 Å². The van der Waals surface area contributed by atoms with Gasteiger partial charge in [0.2, 0.25) is 0 Å². The highest BCUT2D eigenvalue weighted by Gasteiger charge is 2.02. The minimum atomic E-state index is -0.00514. The number of aromatic nitrogens is 2. The highest BCUT2D eigenvalue weighted by molar-refractivity contribution is 7.71. The maximum absolute atomic E-state index is 9.01. The van der Waals surface area contributed by atoms with Gasteiger partial charge in [-0.15, -0.1) is 0 Å². The van der Waals surface area contributed by atoms with E-state index in [9.17, 15) is 0 Å². The number of aromatic amines is 1. The number of aliphatic hydroxyl groups is 1. The lowest BCUT2D eigenvalue weighted by molar-refractivity contribution is 0.0716. The van der Waals surface area contributed by atoms with Crippen LogP contribution in [-0.2, 0) is 17.9 Å². The number of ether oxygens (including phenoxy) is 1. The molecule has 0 spiro atoms. The Hall–Kier alpha value is -0.650. The molecule has 0 fully saturated rings. The molecule has 5 heteroatoms. The number of hydrogen-bond acceptors (Lipinski definition) is 3. The Bertz CT molecular complexity index is 330. The average molecular weight is 216 g/mol. The Morgan fingerprint density at radius 3 is 2.93 bits per heavy atom. The van der Waals surface area contributed by atoms with E-state index in [2.05, 4.69) is 4.98 Å². The number of imidazole rings is 1. The molecule has 1 rings (SSSR count). The molecule has 2 N–H and O–H groups in total. The molecule has 0 aliphatic carbocycles. The van der Waals surface area contributed by atoms with Crippen LogP contribution in [-0.4, -0.2) is 27.4 Å². The van der Waals surface area contributed by atoms with E-state index < -0.39 is 0 Å². The van der Waals surface area contributed by atoms with Gasteiger partial charge in [0.05, 0.1) is 25.0 Å². The molecule has 0 aliphatic heterocycles. The summed E-state index contributed by atoms with van der Waals surface area (Å²) in [6.45, 7) is 5.26. The normalized spacial score (nSPS) is 11.1. The number of H-pyrrole nitrogens is 1. The lowest BCUT2D eigenvalue weighted by Crippen LogP contribution is -2.12. The van der Waals surface area contributed by atoms with Crippen LogP contribution in [0.4, 0.5) is 0 Å². The Morgan fingerprint density at radius 1 is 1.64 bits per heavy atom. The van der Waals surface area contributed by atoms with E-state index in [1.54, 1.807) is 6.20 Å². The SMILES string of the molecule is CC(C)OCCn1c(CO)c[nH]c1=S. The smallest absolute Gasteiger partial charge is 0.177 e. The summed E-state index contributed by atoms with van der Waals surface area (Å²) in [7, 11) is 0. The van der Waals surface area contributed by atoms with Crippen molar-refractivity contribution in [3.05, 3.63) is 16.7 Å².